The van der Waals surface area contributed by atoms with Gasteiger partial charge in [-0.25, -0.2) is 0 Å². The van der Waals surface area contributed by atoms with E-state index in [1.807, 2.05) is 0 Å². The van der Waals surface area contributed by atoms with Crippen molar-refractivity contribution in [3.05, 3.63) is 35.9 Å². The minimum atomic E-state index is 0.378. The highest BCUT2D eigenvalue weighted by atomic mass is 16.5. The standard InChI is InChI=1S/C15H24N2O/c1-2-15-12-17(8-9-18-15)14(11-16)10-13-6-4-3-5-7-13/h3-7,14-15H,2,8-12,16H2,1H3. The van der Waals surface area contributed by atoms with Crippen molar-refractivity contribution in [2.75, 3.05) is 26.2 Å². The van der Waals surface area contributed by atoms with Gasteiger partial charge in [0.15, 0.2) is 0 Å². The van der Waals surface area contributed by atoms with Crippen LogP contribution in [0.25, 0.3) is 0 Å². The van der Waals surface area contributed by atoms with Gasteiger partial charge in [-0.3, -0.25) is 4.90 Å². The fourth-order valence-corrected chi connectivity index (χ4v) is 2.57. The lowest BCUT2D eigenvalue weighted by Gasteiger charge is -2.37. The van der Waals surface area contributed by atoms with E-state index in [2.05, 4.69) is 42.2 Å². The van der Waals surface area contributed by atoms with Crippen molar-refractivity contribution in [2.24, 2.45) is 5.73 Å². The van der Waals surface area contributed by atoms with Crippen molar-refractivity contribution in [1.82, 2.24) is 4.90 Å². The smallest absolute Gasteiger partial charge is 0.0700 e. The number of benzene rings is 1. The molecule has 0 bridgehead atoms. The van der Waals surface area contributed by atoms with Gasteiger partial charge >= 0.3 is 0 Å². The quantitative estimate of drug-likeness (QED) is 0.861. The number of morpholine rings is 1. The first-order chi connectivity index (χ1) is 8.83. The molecule has 1 aromatic carbocycles. The molecule has 1 saturated heterocycles. The van der Waals surface area contributed by atoms with Crippen LogP contribution in [0.1, 0.15) is 18.9 Å². The Labute approximate surface area is 110 Å². The van der Waals surface area contributed by atoms with E-state index in [0.717, 1.165) is 32.5 Å². The van der Waals surface area contributed by atoms with Crippen molar-refractivity contribution in [1.29, 1.82) is 0 Å². The first kappa shape index (κ1) is 13.5. The predicted octanol–water partition coefficient (Wildman–Crippen LogP) is 1.67. The Bertz CT molecular complexity index is 342. The molecular formula is C15H24N2O. The van der Waals surface area contributed by atoms with Crippen LogP contribution in [-0.4, -0.2) is 43.3 Å². The van der Waals surface area contributed by atoms with E-state index in [1.54, 1.807) is 0 Å². The van der Waals surface area contributed by atoms with Gasteiger partial charge in [-0.1, -0.05) is 37.3 Å². The van der Waals surface area contributed by atoms with Crippen molar-refractivity contribution < 1.29 is 4.74 Å². The summed E-state index contributed by atoms with van der Waals surface area (Å²) in [6.45, 7) is 5.76. The Kier molecular flexibility index (Phi) is 5.17. The highest BCUT2D eigenvalue weighted by Gasteiger charge is 2.24. The molecule has 2 N–H and O–H groups in total. The number of ether oxygens (including phenoxy) is 1. The van der Waals surface area contributed by atoms with Crippen LogP contribution < -0.4 is 5.73 Å². The lowest BCUT2D eigenvalue weighted by molar-refractivity contribution is -0.0430. The number of nitrogens with two attached hydrogens (primary N) is 1. The number of nitrogens with zero attached hydrogens (tertiary/aromatic N) is 1. The largest absolute Gasteiger partial charge is 0.376 e. The Morgan fingerprint density at radius 3 is 2.83 bits per heavy atom. The van der Waals surface area contributed by atoms with Gasteiger partial charge < -0.3 is 10.5 Å². The molecule has 1 aromatic rings. The Morgan fingerprint density at radius 2 is 2.17 bits per heavy atom. The van der Waals surface area contributed by atoms with Crippen LogP contribution in [-0.2, 0) is 11.2 Å². The highest BCUT2D eigenvalue weighted by molar-refractivity contribution is 5.16. The molecule has 1 aliphatic heterocycles. The van der Waals surface area contributed by atoms with Crippen molar-refractivity contribution in [3.8, 4) is 0 Å². The maximum atomic E-state index is 5.96. The molecular weight excluding hydrogens is 224 g/mol. The predicted molar refractivity (Wildman–Crippen MR) is 74.6 cm³/mol. The molecule has 0 saturated carbocycles. The van der Waals surface area contributed by atoms with Gasteiger partial charge in [-0.05, 0) is 18.4 Å². The monoisotopic (exact) mass is 248 g/mol. The summed E-state index contributed by atoms with van der Waals surface area (Å²) in [7, 11) is 0. The molecule has 2 rings (SSSR count). The minimum Gasteiger partial charge on any atom is -0.376 e. The lowest BCUT2D eigenvalue weighted by atomic mass is 10.0. The summed E-state index contributed by atoms with van der Waals surface area (Å²) < 4.78 is 5.72. The maximum Gasteiger partial charge on any atom is 0.0700 e. The van der Waals surface area contributed by atoms with E-state index < -0.39 is 0 Å². The molecule has 2 unspecified atom stereocenters. The normalized spacial score (nSPS) is 22.9. The van der Waals surface area contributed by atoms with E-state index in [9.17, 15) is 0 Å². The summed E-state index contributed by atoms with van der Waals surface area (Å²) in [4.78, 5) is 2.49. The molecule has 18 heavy (non-hydrogen) atoms. The van der Waals surface area contributed by atoms with Gasteiger partial charge in [0.1, 0.15) is 0 Å². The summed E-state index contributed by atoms with van der Waals surface area (Å²) in [6, 6.07) is 11.0. The van der Waals surface area contributed by atoms with E-state index in [-0.39, 0.29) is 0 Å². The van der Waals surface area contributed by atoms with Gasteiger partial charge in [0.2, 0.25) is 0 Å². The van der Waals surface area contributed by atoms with E-state index in [1.165, 1.54) is 5.56 Å². The Morgan fingerprint density at radius 1 is 1.39 bits per heavy atom. The van der Waals surface area contributed by atoms with Gasteiger partial charge in [0.05, 0.1) is 12.7 Å². The maximum absolute atomic E-state index is 5.96. The zero-order valence-corrected chi connectivity index (χ0v) is 11.2. The van der Waals surface area contributed by atoms with Crippen LogP contribution in [0.15, 0.2) is 30.3 Å². The van der Waals surface area contributed by atoms with Crippen molar-refractivity contribution >= 4 is 0 Å². The molecule has 3 heteroatoms. The second kappa shape index (κ2) is 6.88. The van der Waals surface area contributed by atoms with Crippen LogP contribution in [0, 0.1) is 0 Å². The van der Waals surface area contributed by atoms with Gasteiger partial charge in [-0.2, -0.15) is 0 Å². The SMILES string of the molecule is CCC1CN(C(CN)Cc2ccccc2)CCO1. The minimum absolute atomic E-state index is 0.378. The first-order valence-corrected chi connectivity index (χ1v) is 6.93. The average molecular weight is 248 g/mol. The highest BCUT2D eigenvalue weighted by Crippen LogP contribution is 2.14. The van der Waals surface area contributed by atoms with Crippen LogP contribution >= 0.6 is 0 Å². The van der Waals surface area contributed by atoms with E-state index in [0.29, 0.717) is 18.7 Å². The summed E-state index contributed by atoms with van der Waals surface area (Å²) in [5, 5.41) is 0. The molecule has 0 aliphatic carbocycles. The Balaban J connectivity index is 1.95. The molecule has 1 heterocycles. The molecule has 0 aromatic heterocycles. The zero-order chi connectivity index (χ0) is 12.8. The third kappa shape index (κ3) is 3.55. The average Bonchev–Trinajstić information content (AvgIpc) is 2.46. The van der Waals surface area contributed by atoms with Crippen molar-refractivity contribution in [3.63, 3.8) is 0 Å². The fourth-order valence-electron chi connectivity index (χ4n) is 2.57. The molecule has 1 aliphatic rings. The molecule has 2 atom stereocenters. The second-order valence-electron chi connectivity index (χ2n) is 4.98. The molecule has 0 amide bonds. The molecule has 100 valence electrons. The summed E-state index contributed by atoms with van der Waals surface area (Å²) >= 11 is 0. The van der Waals surface area contributed by atoms with E-state index in [4.69, 9.17) is 10.5 Å². The van der Waals surface area contributed by atoms with E-state index >= 15 is 0 Å². The first-order valence-electron chi connectivity index (χ1n) is 6.93. The summed E-state index contributed by atoms with van der Waals surface area (Å²) in [5.74, 6) is 0. The molecule has 1 fully saturated rings. The second-order valence-corrected chi connectivity index (χ2v) is 4.98. The number of rotatable bonds is 5. The van der Waals surface area contributed by atoms with Crippen LogP contribution in [0.2, 0.25) is 0 Å². The van der Waals surface area contributed by atoms with Gasteiger partial charge in [0, 0.05) is 25.7 Å². The number of hydrogen-bond donors (Lipinski definition) is 1. The van der Waals surface area contributed by atoms with Gasteiger partial charge in [0.25, 0.3) is 0 Å². The molecule has 3 nitrogen and oxygen atoms in total. The molecule has 0 radical (unpaired) electrons. The van der Waals surface area contributed by atoms with Crippen LogP contribution in [0.4, 0.5) is 0 Å². The number of hydrogen-bond acceptors (Lipinski definition) is 3. The zero-order valence-electron chi connectivity index (χ0n) is 11.2. The van der Waals surface area contributed by atoms with Crippen LogP contribution in [0.5, 0.6) is 0 Å². The lowest BCUT2D eigenvalue weighted by Crippen LogP contribution is -2.51. The Hall–Kier alpha value is -0.900. The summed E-state index contributed by atoms with van der Waals surface area (Å²) in [6.07, 6.45) is 2.50. The summed E-state index contributed by atoms with van der Waals surface area (Å²) in [5.41, 5.74) is 7.32. The topological polar surface area (TPSA) is 38.5 Å². The van der Waals surface area contributed by atoms with Crippen molar-refractivity contribution in [2.45, 2.75) is 31.9 Å². The third-order valence-electron chi connectivity index (χ3n) is 3.73. The van der Waals surface area contributed by atoms with Gasteiger partial charge in [-0.15, -0.1) is 0 Å². The molecule has 0 spiro atoms. The fraction of sp³-hybridized carbons (Fsp3) is 0.600. The van der Waals surface area contributed by atoms with Crippen LogP contribution in [0.3, 0.4) is 0 Å². The third-order valence-corrected chi connectivity index (χ3v) is 3.73.